The number of nitrogen functional groups attached to an aromatic ring is 1. The zero-order chi connectivity index (χ0) is 13.9. The monoisotopic (exact) mass is 292 g/mol. The molecule has 0 spiro atoms. The van der Waals surface area contributed by atoms with E-state index in [9.17, 15) is 12.8 Å². The van der Waals surface area contributed by atoms with Crippen LogP contribution in [-0.4, -0.2) is 38.3 Å². The molecule has 0 aliphatic carbocycles. The molecule has 0 saturated carbocycles. The normalized spacial score (nSPS) is 12.1. The van der Waals surface area contributed by atoms with Gasteiger partial charge in [0, 0.05) is 25.0 Å². The molecule has 0 atom stereocenters. The molecule has 0 unspecified atom stereocenters. The summed E-state index contributed by atoms with van der Waals surface area (Å²) in [7, 11) is -2.38. The van der Waals surface area contributed by atoms with Crippen molar-refractivity contribution >= 4 is 27.5 Å². The maximum absolute atomic E-state index is 13.7. The summed E-state index contributed by atoms with van der Waals surface area (Å²) >= 11 is 1.53. The fourth-order valence-corrected chi connectivity index (χ4v) is 3.19. The van der Waals surface area contributed by atoms with E-state index in [1.54, 1.807) is 6.92 Å². The first-order chi connectivity index (χ1) is 8.30. The van der Waals surface area contributed by atoms with Crippen molar-refractivity contribution in [3.63, 3.8) is 0 Å². The predicted molar refractivity (Wildman–Crippen MR) is 73.7 cm³/mol. The summed E-state index contributed by atoms with van der Waals surface area (Å²) < 4.78 is 39.2. The SMILES string of the molecule is CSCCN(C)S(=O)(=O)c1cc(N)c(C)cc1F. The van der Waals surface area contributed by atoms with Crippen molar-refractivity contribution in [2.75, 3.05) is 31.3 Å². The van der Waals surface area contributed by atoms with Crippen molar-refractivity contribution in [2.45, 2.75) is 11.8 Å². The van der Waals surface area contributed by atoms with Crippen LogP contribution in [0.3, 0.4) is 0 Å². The molecular weight excluding hydrogens is 275 g/mol. The number of nitrogens with zero attached hydrogens (tertiary/aromatic N) is 1. The highest BCUT2D eigenvalue weighted by Crippen LogP contribution is 2.23. The van der Waals surface area contributed by atoms with E-state index in [0.717, 1.165) is 10.4 Å². The zero-order valence-electron chi connectivity index (χ0n) is 10.6. The van der Waals surface area contributed by atoms with E-state index in [1.807, 2.05) is 6.26 Å². The summed E-state index contributed by atoms with van der Waals surface area (Å²) in [6.45, 7) is 1.96. The molecule has 0 saturated heterocycles. The highest BCUT2D eigenvalue weighted by molar-refractivity contribution is 7.98. The highest BCUT2D eigenvalue weighted by Gasteiger charge is 2.24. The minimum absolute atomic E-state index is 0.272. The molecule has 18 heavy (non-hydrogen) atoms. The van der Waals surface area contributed by atoms with Gasteiger partial charge in [-0.25, -0.2) is 17.1 Å². The zero-order valence-corrected chi connectivity index (χ0v) is 12.2. The molecule has 0 aliphatic rings. The molecule has 0 aliphatic heterocycles. The summed E-state index contributed by atoms with van der Waals surface area (Å²) in [5, 5.41) is 0. The van der Waals surface area contributed by atoms with Crippen LogP contribution in [-0.2, 0) is 10.0 Å². The molecule has 4 nitrogen and oxygen atoms in total. The number of aryl methyl sites for hydroxylation is 1. The highest BCUT2D eigenvalue weighted by atomic mass is 32.2. The lowest BCUT2D eigenvalue weighted by Crippen LogP contribution is -2.29. The summed E-state index contributed by atoms with van der Waals surface area (Å²) in [5.74, 6) is -0.115. The van der Waals surface area contributed by atoms with Crippen LogP contribution in [0.2, 0.25) is 0 Å². The molecule has 1 rings (SSSR count). The number of thioether (sulfide) groups is 1. The van der Waals surface area contributed by atoms with Crippen molar-refractivity contribution in [3.05, 3.63) is 23.5 Å². The topological polar surface area (TPSA) is 63.4 Å². The Bertz CT molecular complexity index is 532. The fraction of sp³-hybridized carbons (Fsp3) is 0.455. The molecule has 0 radical (unpaired) electrons. The number of halogens is 1. The summed E-state index contributed by atoms with van der Waals surface area (Å²) in [5.41, 5.74) is 6.43. The number of sulfonamides is 1. The lowest BCUT2D eigenvalue weighted by molar-refractivity contribution is 0.480. The van der Waals surface area contributed by atoms with Gasteiger partial charge in [-0.05, 0) is 30.9 Å². The third-order valence-corrected chi connectivity index (χ3v) is 5.08. The van der Waals surface area contributed by atoms with Gasteiger partial charge in [0.05, 0.1) is 0 Å². The van der Waals surface area contributed by atoms with Gasteiger partial charge in [-0.3, -0.25) is 0 Å². The number of hydrogen-bond acceptors (Lipinski definition) is 4. The third kappa shape index (κ3) is 3.15. The van der Waals surface area contributed by atoms with Crippen molar-refractivity contribution in [2.24, 2.45) is 0 Å². The van der Waals surface area contributed by atoms with Gasteiger partial charge in [-0.15, -0.1) is 0 Å². The second kappa shape index (κ2) is 5.90. The van der Waals surface area contributed by atoms with Gasteiger partial charge in [0.25, 0.3) is 0 Å². The standard InChI is InChI=1S/C11H17FN2O2S2/c1-8-6-9(12)11(7-10(8)13)18(15,16)14(2)4-5-17-3/h6-7H,4-5,13H2,1-3H3. The average molecular weight is 292 g/mol. The summed E-state index contributed by atoms with van der Waals surface area (Å²) in [6.07, 6.45) is 1.88. The summed E-state index contributed by atoms with van der Waals surface area (Å²) in [4.78, 5) is -0.366. The van der Waals surface area contributed by atoms with E-state index in [2.05, 4.69) is 0 Å². The third-order valence-electron chi connectivity index (χ3n) is 2.62. The van der Waals surface area contributed by atoms with Crippen LogP contribution in [0, 0.1) is 12.7 Å². The summed E-state index contributed by atoms with van der Waals surface area (Å²) in [6, 6.07) is 2.32. The molecule has 0 amide bonds. The molecule has 1 aromatic rings. The Labute approximate surface area is 111 Å². The molecule has 0 fully saturated rings. The number of nitrogens with two attached hydrogens (primary N) is 1. The lowest BCUT2D eigenvalue weighted by atomic mass is 10.2. The van der Waals surface area contributed by atoms with Crippen LogP contribution < -0.4 is 5.73 Å². The van der Waals surface area contributed by atoms with E-state index >= 15 is 0 Å². The van der Waals surface area contributed by atoms with Gasteiger partial charge in [0.1, 0.15) is 10.7 Å². The maximum Gasteiger partial charge on any atom is 0.245 e. The van der Waals surface area contributed by atoms with Gasteiger partial charge in [-0.1, -0.05) is 0 Å². The Morgan fingerprint density at radius 1 is 1.44 bits per heavy atom. The van der Waals surface area contributed by atoms with Crippen molar-refractivity contribution in [1.29, 1.82) is 0 Å². The van der Waals surface area contributed by atoms with Crippen LogP contribution in [0.1, 0.15) is 5.56 Å². The molecule has 7 heteroatoms. The van der Waals surface area contributed by atoms with E-state index in [1.165, 1.54) is 24.9 Å². The number of rotatable bonds is 5. The number of anilines is 1. The Hall–Kier alpha value is -0.790. The first kappa shape index (κ1) is 15.3. The first-order valence-corrected chi connectivity index (χ1v) is 8.15. The maximum atomic E-state index is 13.7. The molecule has 2 N–H and O–H groups in total. The van der Waals surface area contributed by atoms with E-state index in [0.29, 0.717) is 17.9 Å². The van der Waals surface area contributed by atoms with Gasteiger partial charge < -0.3 is 5.73 Å². The van der Waals surface area contributed by atoms with Crippen molar-refractivity contribution in [1.82, 2.24) is 4.31 Å². The van der Waals surface area contributed by atoms with Crippen LogP contribution in [0.25, 0.3) is 0 Å². The van der Waals surface area contributed by atoms with Gasteiger partial charge >= 0.3 is 0 Å². The minimum Gasteiger partial charge on any atom is -0.398 e. The Balaban J connectivity index is 3.16. The fourth-order valence-electron chi connectivity index (χ4n) is 1.37. The van der Waals surface area contributed by atoms with Gasteiger partial charge in [0.15, 0.2) is 0 Å². The molecule has 1 aromatic carbocycles. The predicted octanol–water partition coefficient (Wildman–Crippen LogP) is 1.70. The van der Waals surface area contributed by atoms with Crippen LogP contribution in [0.5, 0.6) is 0 Å². The Kier molecular flexibility index (Phi) is 5.01. The minimum atomic E-state index is -3.82. The van der Waals surface area contributed by atoms with Crippen LogP contribution >= 0.6 is 11.8 Å². The Morgan fingerprint density at radius 2 is 2.06 bits per heavy atom. The Morgan fingerprint density at radius 3 is 2.61 bits per heavy atom. The second-order valence-electron chi connectivity index (χ2n) is 3.96. The second-order valence-corrected chi connectivity index (χ2v) is 6.96. The average Bonchev–Trinajstić information content (AvgIpc) is 2.30. The van der Waals surface area contributed by atoms with E-state index < -0.39 is 15.8 Å². The molecular formula is C11H17FN2O2S2. The quantitative estimate of drug-likeness (QED) is 0.839. The smallest absolute Gasteiger partial charge is 0.245 e. The molecule has 0 heterocycles. The lowest BCUT2D eigenvalue weighted by Gasteiger charge is -2.17. The van der Waals surface area contributed by atoms with Crippen LogP contribution in [0.4, 0.5) is 10.1 Å². The first-order valence-electron chi connectivity index (χ1n) is 5.31. The van der Waals surface area contributed by atoms with Gasteiger partial charge in [0.2, 0.25) is 10.0 Å². The van der Waals surface area contributed by atoms with E-state index in [-0.39, 0.29) is 10.6 Å². The van der Waals surface area contributed by atoms with E-state index in [4.69, 9.17) is 5.73 Å². The molecule has 0 aromatic heterocycles. The van der Waals surface area contributed by atoms with Crippen molar-refractivity contribution in [3.8, 4) is 0 Å². The molecule has 102 valence electrons. The molecule has 0 bridgehead atoms. The number of hydrogen-bond donors (Lipinski definition) is 1. The van der Waals surface area contributed by atoms with Gasteiger partial charge in [-0.2, -0.15) is 11.8 Å². The van der Waals surface area contributed by atoms with Crippen molar-refractivity contribution < 1.29 is 12.8 Å². The largest absolute Gasteiger partial charge is 0.398 e. The number of benzene rings is 1. The van der Waals surface area contributed by atoms with Crippen LogP contribution in [0.15, 0.2) is 17.0 Å².